The molecule has 7 heteroatoms. The van der Waals surface area contributed by atoms with Gasteiger partial charge < -0.3 is 14.6 Å². The van der Waals surface area contributed by atoms with E-state index in [-0.39, 0.29) is 13.2 Å². The van der Waals surface area contributed by atoms with E-state index in [2.05, 4.69) is 9.47 Å². The summed E-state index contributed by atoms with van der Waals surface area (Å²) in [6, 6.07) is -4.22. The fourth-order valence-corrected chi connectivity index (χ4v) is 1.38. The lowest BCUT2D eigenvalue weighted by atomic mass is 10.2. The molecule has 4 nitrogen and oxygen atoms in total. The van der Waals surface area contributed by atoms with E-state index in [4.69, 9.17) is 9.84 Å². The van der Waals surface area contributed by atoms with Crippen LogP contribution in [0.15, 0.2) is 0 Å². The van der Waals surface area contributed by atoms with Crippen molar-refractivity contribution >= 4 is 0 Å². The van der Waals surface area contributed by atoms with Crippen LogP contribution in [-0.2, 0) is 14.2 Å². The van der Waals surface area contributed by atoms with Gasteiger partial charge in [-0.25, -0.2) is 0 Å². The second-order valence-corrected chi connectivity index (χ2v) is 4.13. The molecule has 0 aliphatic rings. The summed E-state index contributed by atoms with van der Waals surface area (Å²) in [5.41, 5.74) is 0. The highest BCUT2D eigenvalue weighted by molar-refractivity contribution is 4.66. The van der Waals surface area contributed by atoms with E-state index in [0.29, 0.717) is 12.8 Å². The molecule has 0 aromatic heterocycles. The van der Waals surface area contributed by atoms with Crippen molar-refractivity contribution in [2.75, 3.05) is 13.2 Å². The van der Waals surface area contributed by atoms with E-state index >= 15 is 0 Å². The van der Waals surface area contributed by atoms with E-state index in [1.807, 2.05) is 6.92 Å². The Bertz CT molecular complexity index is 237. The Morgan fingerprint density at radius 2 is 1.74 bits per heavy atom. The van der Waals surface area contributed by atoms with Crippen LogP contribution in [0.3, 0.4) is 0 Å². The number of alkyl halides is 3. The van der Waals surface area contributed by atoms with Crippen molar-refractivity contribution in [3.05, 3.63) is 0 Å². The molecule has 0 heterocycles. The molecule has 0 spiro atoms. The molecule has 0 radical (unpaired) electrons. The van der Waals surface area contributed by atoms with Crippen LogP contribution in [0.25, 0.3) is 0 Å². The lowest BCUT2D eigenvalue weighted by molar-refractivity contribution is -0.479. The third-order valence-corrected chi connectivity index (χ3v) is 2.36. The summed E-state index contributed by atoms with van der Waals surface area (Å²) < 4.78 is 52.9. The predicted octanol–water partition coefficient (Wildman–Crippen LogP) is 3.19. The fraction of sp³-hybridized carbons (Fsp3) is 1.00. The normalized spacial score (nSPS) is 17.2. The van der Waals surface area contributed by atoms with Gasteiger partial charge in [-0.3, -0.25) is 4.74 Å². The minimum atomic E-state index is -4.44. The molecule has 0 aliphatic heterocycles. The van der Waals surface area contributed by atoms with Gasteiger partial charge in [-0.15, -0.1) is 0 Å². The molecule has 0 saturated heterocycles. The van der Waals surface area contributed by atoms with Gasteiger partial charge in [0.2, 0.25) is 0 Å². The molecule has 0 bridgehead atoms. The lowest BCUT2D eigenvalue weighted by Gasteiger charge is -2.29. The topological polar surface area (TPSA) is 47.9 Å². The van der Waals surface area contributed by atoms with Gasteiger partial charge in [-0.1, -0.05) is 26.2 Å². The Balaban J connectivity index is 4.18. The zero-order chi connectivity index (χ0) is 14.9. The van der Waals surface area contributed by atoms with Crippen molar-refractivity contribution in [3.8, 4) is 0 Å². The maximum Gasteiger partial charge on any atom is 0.443 e. The van der Waals surface area contributed by atoms with E-state index in [1.165, 1.54) is 6.92 Å². The van der Waals surface area contributed by atoms with Crippen LogP contribution in [0.1, 0.15) is 46.5 Å². The fourth-order valence-electron chi connectivity index (χ4n) is 1.38. The van der Waals surface area contributed by atoms with Crippen molar-refractivity contribution < 1.29 is 32.5 Å². The van der Waals surface area contributed by atoms with Crippen LogP contribution in [-0.4, -0.2) is 36.8 Å². The van der Waals surface area contributed by atoms with E-state index in [9.17, 15) is 13.2 Å². The van der Waals surface area contributed by atoms with Crippen molar-refractivity contribution in [2.45, 2.75) is 64.9 Å². The smallest absolute Gasteiger partial charge is 0.353 e. The first-order chi connectivity index (χ1) is 8.77. The molecule has 19 heavy (non-hydrogen) atoms. The molecule has 0 aromatic carbocycles. The zero-order valence-electron chi connectivity index (χ0n) is 11.6. The second kappa shape index (κ2) is 8.73. The summed E-state index contributed by atoms with van der Waals surface area (Å²) in [6.07, 6.45) is -2.86. The number of unbranched alkanes of at least 4 members (excludes halogenated alkanes) is 3. The molecule has 2 atom stereocenters. The maximum atomic E-state index is 13.4. The van der Waals surface area contributed by atoms with Crippen LogP contribution in [0.5, 0.6) is 0 Å². The first-order valence-corrected chi connectivity index (χ1v) is 6.49. The van der Waals surface area contributed by atoms with Crippen molar-refractivity contribution in [2.24, 2.45) is 0 Å². The lowest BCUT2D eigenvalue weighted by Crippen LogP contribution is -2.50. The molecule has 0 fully saturated rings. The average molecular weight is 288 g/mol. The average Bonchev–Trinajstić information content (AvgIpc) is 2.28. The van der Waals surface area contributed by atoms with E-state index < -0.39 is 18.4 Å². The molecule has 2 unspecified atom stereocenters. The molecular formula is C12H23F3O4. The number of hydrogen-bond donors (Lipinski definition) is 1. The maximum absolute atomic E-state index is 13.4. The van der Waals surface area contributed by atoms with Crippen LogP contribution in [0.4, 0.5) is 13.2 Å². The van der Waals surface area contributed by atoms with Gasteiger partial charge in [-0.05, 0) is 20.3 Å². The third kappa shape index (κ3) is 7.10. The largest absolute Gasteiger partial charge is 0.443 e. The summed E-state index contributed by atoms with van der Waals surface area (Å²) in [6.45, 7) is 4.54. The van der Waals surface area contributed by atoms with Gasteiger partial charge in [-0.2, -0.15) is 13.2 Å². The molecule has 116 valence electrons. The standard InChI is InChI=1S/C12H23F3O4/c1-4-6-7-8-9-18-11(13,14)12(15,16)19-10(3)17-5-2/h10,16H,4-9H2,1-3H3. The molecule has 0 aromatic rings. The molecule has 0 saturated carbocycles. The van der Waals surface area contributed by atoms with Crippen LogP contribution >= 0.6 is 0 Å². The van der Waals surface area contributed by atoms with Gasteiger partial charge in [0.05, 0.1) is 6.61 Å². The number of hydrogen-bond acceptors (Lipinski definition) is 4. The number of rotatable bonds is 11. The molecule has 0 amide bonds. The Kier molecular flexibility index (Phi) is 8.56. The molecule has 0 aliphatic carbocycles. The highest BCUT2D eigenvalue weighted by atomic mass is 19.3. The predicted molar refractivity (Wildman–Crippen MR) is 63.3 cm³/mol. The van der Waals surface area contributed by atoms with Gasteiger partial charge in [0.15, 0.2) is 6.29 Å². The Hall–Kier alpha value is -0.370. The summed E-state index contributed by atoms with van der Waals surface area (Å²) in [4.78, 5) is 0. The Morgan fingerprint density at radius 3 is 2.26 bits per heavy atom. The van der Waals surface area contributed by atoms with Gasteiger partial charge in [0.1, 0.15) is 0 Å². The second-order valence-electron chi connectivity index (χ2n) is 4.13. The van der Waals surface area contributed by atoms with Crippen LogP contribution < -0.4 is 0 Å². The number of aliphatic hydroxyl groups is 1. The minimum absolute atomic E-state index is 0.140. The third-order valence-electron chi connectivity index (χ3n) is 2.36. The first-order valence-electron chi connectivity index (χ1n) is 6.49. The van der Waals surface area contributed by atoms with E-state index in [0.717, 1.165) is 12.8 Å². The van der Waals surface area contributed by atoms with Crippen LogP contribution in [0.2, 0.25) is 0 Å². The van der Waals surface area contributed by atoms with Crippen molar-refractivity contribution in [3.63, 3.8) is 0 Å². The van der Waals surface area contributed by atoms with E-state index in [1.54, 1.807) is 6.92 Å². The summed E-state index contributed by atoms with van der Waals surface area (Å²) in [5, 5.41) is 9.00. The van der Waals surface area contributed by atoms with Crippen molar-refractivity contribution in [1.82, 2.24) is 0 Å². The quantitative estimate of drug-likeness (QED) is 0.468. The summed E-state index contributed by atoms with van der Waals surface area (Å²) in [5.74, 6) is 0. The first kappa shape index (κ1) is 18.6. The number of halogens is 3. The number of ether oxygens (including phenoxy) is 3. The van der Waals surface area contributed by atoms with Gasteiger partial charge in [0, 0.05) is 6.61 Å². The molecule has 1 N–H and O–H groups in total. The van der Waals surface area contributed by atoms with Crippen LogP contribution in [0, 0.1) is 0 Å². The summed E-state index contributed by atoms with van der Waals surface area (Å²) >= 11 is 0. The Labute approximate surface area is 111 Å². The minimum Gasteiger partial charge on any atom is -0.353 e. The van der Waals surface area contributed by atoms with Crippen molar-refractivity contribution in [1.29, 1.82) is 0 Å². The molecule has 0 rings (SSSR count). The Morgan fingerprint density at radius 1 is 1.11 bits per heavy atom. The monoisotopic (exact) mass is 288 g/mol. The zero-order valence-corrected chi connectivity index (χ0v) is 11.6. The highest BCUT2D eigenvalue weighted by Crippen LogP contribution is 2.34. The van der Waals surface area contributed by atoms with Gasteiger partial charge >= 0.3 is 12.1 Å². The van der Waals surface area contributed by atoms with Gasteiger partial charge in [0.25, 0.3) is 0 Å². The molecular weight excluding hydrogens is 265 g/mol. The highest BCUT2D eigenvalue weighted by Gasteiger charge is 2.58. The summed E-state index contributed by atoms with van der Waals surface area (Å²) in [7, 11) is 0. The SMILES string of the molecule is CCCCCCOC(F)(F)C(O)(F)OC(C)OCC.